The van der Waals surface area contributed by atoms with Gasteiger partial charge in [0.15, 0.2) is 5.78 Å². The number of benzene rings is 1. The van der Waals surface area contributed by atoms with Gasteiger partial charge in [-0.1, -0.05) is 6.07 Å². The van der Waals surface area contributed by atoms with Gasteiger partial charge in [-0.05, 0) is 24.3 Å². The van der Waals surface area contributed by atoms with Crippen LogP contribution in [-0.2, 0) is 6.42 Å². The highest BCUT2D eigenvalue weighted by molar-refractivity contribution is 6.30. The van der Waals surface area contributed by atoms with Crippen molar-refractivity contribution in [1.29, 1.82) is 0 Å². The molecule has 1 aromatic heterocycles. The second-order valence-corrected chi connectivity index (χ2v) is 4.39. The molecule has 1 aromatic carbocycles. The molecule has 3 rings (SSSR count). The monoisotopic (exact) mass is 259 g/mol. The zero-order valence-electron chi connectivity index (χ0n) is 9.52. The highest BCUT2D eigenvalue weighted by atomic mass is 35.5. The number of fused-ring (bicyclic) bond motifs is 2. The summed E-state index contributed by atoms with van der Waals surface area (Å²) in [6.07, 6.45) is 2.43. The van der Waals surface area contributed by atoms with E-state index in [1.165, 1.54) is 0 Å². The number of carbonyl (C=O) groups is 1. The third-order valence-electron chi connectivity index (χ3n) is 2.94. The van der Waals surface area contributed by atoms with Crippen LogP contribution >= 0.6 is 11.6 Å². The Hall–Kier alpha value is -1.87. The molecule has 0 amide bonds. The van der Waals surface area contributed by atoms with Crippen LogP contribution in [0.1, 0.15) is 21.5 Å². The molecule has 2 aromatic rings. The summed E-state index contributed by atoms with van der Waals surface area (Å²) in [5.41, 5.74) is 2.65. The third-order valence-corrected chi connectivity index (χ3v) is 3.18. The summed E-state index contributed by atoms with van der Waals surface area (Å²) in [7, 11) is 0. The largest absolute Gasteiger partial charge is 0.438 e. The highest BCUT2D eigenvalue weighted by Gasteiger charge is 2.18. The van der Waals surface area contributed by atoms with Crippen LogP contribution in [0.4, 0.5) is 0 Å². The third kappa shape index (κ3) is 1.87. The van der Waals surface area contributed by atoms with Gasteiger partial charge in [0.2, 0.25) is 5.88 Å². The van der Waals surface area contributed by atoms with Gasteiger partial charge in [0.25, 0.3) is 0 Å². The summed E-state index contributed by atoms with van der Waals surface area (Å²) in [5, 5.41) is 0. The predicted octanol–water partition coefficient (Wildman–Crippen LogP) is 3.20. The number of halogens is 1. The Bertz CT molecular complexity index is 625. The van der Waals surface area contributed by atoms with E-state index in [-0.39, 0.29) is 11.7 Å². The average molecular weight is 260 g/mol. The van der Waals surface area contributed by atoms with Crippen molar-refractivity contribution in [2.24, 2.45) is 0 Å². The summed E-state index contributed by atoms with van der Waals surface area (Å²) in [6.45, 7) is 0. The number of nitrogens with zero attached hydrogens (tertiary/aromatic N) is 1. The van der Waals surface area contributed by atoms with E-state index in [1.54, 1.807) is 18.3 Å². The molecular weight excluding hydrogens is 250 g/mol. The van der Waals surface area contributed by atoms with Crippen LogP contribution in [0.5, 0.6) is 11.6 Å². The van der Waals surface area contributed by atoms with E-state index in [1.807, 2.05) is 18.2 Å². The maximum Gasteiger partial charge on any atom is 0.222 e. The standard InChI is InChI=1S/C14H10ClNO2/c15-8-12(17)9-3-4-13-11(6-9)7-10-2-1-5-16-14(10)18-13/h1-6H,7-8H2. The van der Waals surface area contributed by atoms with Crippen molar-refractivity contribution in [3.05, 3.63) is 53.2 Å². The van der Waals surface area contributed by atoms with E-state index in [0.717, 1.165) is 23.3 Å². The van der Waals surface area contributed by atoms with Crippen LogP contribution in [0.3, 0.4) is 0 Å². The van der Waals surface area contributed by atoms with Crippen molar-refractivity contribution in [2.75, 3.05) is 5.88 Å². The van der Waals surface area contributed by atoms with Crippen molar-refractivity contribution < 1.29 is 9.53 Å². The van der Waals surface area contributed by atoms with Crippen LogP contribution < -0.4 is 4.74 Å². The number of ketones is 1. The quantitative estimate of drug-likeness (QED) is 0.524. The molecule has 18 heavy (non-hydrogen) atoms. The second-order valence-electron chi connectivity index (χ2n) is 4.13. The first-order valence-electron chi connectivity index (χ1n) is 5.62. The lowest BCUT2D eigenvalue weighted by atomic mass is 9.99. The molecule has 0 fully saturated rings. The minimum Gasteiger partial charge on any atom is -0.438 e. The summed E-state index contributed by atoms with van der Waals surface area (Å²) in [5.74, 6) is 1.32. The Morgan fingerprint density at radius 3 is 3.06 bits per heavy atom. The molecule has 0 atom stereocenters. The fourth-order valence-corrected chi connectivity index (χ4v) is 2.18. The van der Waals surface area contributed by atoms with Crippen LogP contribution in [-0.4, -0.2) is 16.6 Å². The fourth-order valence-electron chi connectivity index (χ4n) is 2.03. The summed E-state index contributed by atoms with van der Waals surface area (Å²) < 4.78 is 5.69. The maximum atomic E-state index is 11.6. The Kier molecular flexibility index (Phi) is 2.76. The number of alkyl halides is 1. The number of hydrogen-bond donors (Lipinski definition) is 0. The molecule has 0 spiro atoms. The van der Waals surface area contributed by atoms with E-state index < -0.39 is 0 Å². The van der Waals surface area contributed by atoms with Crippen molar-refractivity contribution in [3.8, 4) is 11.6 Å². The Balaban J connectivity index is 2.01. The van der Waals surface area contributed by atoms with E-state index in [0.29, 0.717) is 11.4 Å². The highest BCUT2D eigenvalue weighted by Crippen LogP contribution is 2.35. The number of aromatic nitrogens is 1. The molecule has 0 saturated heterocycles. The number of carbonyl (C=O) groups excluding carboxylic acids is 1. The first-order valence-corrected chi connectivity index (χ1v) is 6.15. The maximum absolute atomic E-state index is 11.6. The molecule has 1 aliphatic rings. The minimum absolute atomic E-state index is 0.00220. The van der Waals surface area contributed by atoms with E-state index in [9.17, 15) is 4.79 Å². The van der Waals surface area contributed by atoms with Gasteiger partial charge in [-0.3, -0.25) is 4.79 Å². The smallest absolute Gasteiger partial charge is 0.222 e. The molecule has 0 unspecified atom stereocenters. The first-order chi connectivity index (χ1) is 8.78. The average Bonchev–Trinajstić information content (AvgIpc) is 2.43. The van der Waals surface area contributed by atoms with Crippen molar-refractivity contribution in [1.82, 2.24) is 4.98 Å². The minimum atomic E-state index is -0.0727. The molecule has 0 radical (unpaired) electrons. The predicted molar refractivity (Wildman–Crippen MR) is 68.6 cm³/mol. The zero-order chi connectivity index (χ0) is 12.5. The van der Waals surface area contributed by atoms with Gasteiger partial charge in [0.1, 0.15) is 5.75 Å². The van der Waals surface area contributed by atoms with Crippen LogP contribution in [0.25, 0.3) is 0 Å². The Morgan fingerprint density at radius 1 is 1.33 bits per heavy atom. The topological polar surface area (TPSA) is 39.2 Å². The van der Waals surface area contributed by atoms with Gasteiger partial charge in [-0.15, -0.1) is 11.6 Å². The lowest BCUT2D eigenvalue weighted by molar-refractivity contribution is 0.102. The van der Waals surface area contributed by atoms with Gasteiger partial charge in [0.05, 0.1) is 5.88 Å². The number of ether oxygens (including phenoxy) is 1. The molecule has 1 aliphatic heterocycles. The van der Waals surface area contributed by atoms with E-state index >= 15 is 0 Å². The summed E-state index contributed by atoms with van der Waals surface area (Å²) in [6, 6.07) is 9.22. The van der Waals surface area contributed by atoms with E-state index in [4.69, 9.17) is 16.3 Å². The Morgan fingerprint density at radius 2 is 2.22 bits per heavy atom. The van der Waals surface area contributed by atoms with Gasteiger partial charge in [0, 0.05) is 29.3 Å². The van der Waals surface area contributed by atoms with Gasteiger partial charge >= 0.3 is 0 Å². The van der Waals surface area contributed by atoms with Crippen molar-refractivity contribution in [2.45, 2.75) is 6.42 Å². The zero-order valence-corrected chi connectivity index (χ0v) is 10.3. The van der Waals surface area contributed by atoms with Crippen LogP contribution in [0, 0.1) is 0 Å². The van der Waals surface area contributed by atoms with Crippen molar-refractivity contribution in [3.63, 3.8) is 0 Å². The number of rotatable bonds is 2. The summed E-state index contributed by atoms with van der Waals surface area (Å²) in [4.78, 5) is 15.7. The van der Waals surface area contributed by atoms with Crippen LogP contribution in [0.2, 0.25) is 0 Å². The number of pyridine rings is 1. The van der Waals surface area contributed by atoms with Crippen LogP contribution in [0.15, 0.2) is 36.5 Å². The number of Topliss-reactive ketones (excluding diaryl/α,β-unsaturated/α-hetero) is 1. The molecule has 3 nitrogen and oxygen atoms in total. The SMILES string of the molecule is O=C(CCl)c1ccc2c(c1)Cc1cccnc1O2. The lowest BCUT2D eigenvalue weighted by Gasteiger charge is -2.19. The molecule has 4 heteroatoms. The summed E-state index contributed by atoms with van der Waals surface area (Å²) >= 11 is 5.56. The van der Waals surface area contributed by atoms with Crippen molar-refractivity contribution >= 4 is 17.4 Å². The van der Waals surface area contributed by atoms with Gasteiger partial charge in [-0.2, -0.15) is 0 Å². The second kappa shape index (κ2) is 4.42. The molecule has 0 saturated carbocycles. The van der Waals surface area contributed by atoms with E-state index in [2.05, 4.69) is 4.98 Å². The molecule has 0 aliphatic carbocycles. The lowest BCUT2D eigenvalue weighted by Crippen LogP contribution is -2.07. The van der Waals surface area contributed by atoms with Gasteiger partial charge in [-0.25, -0.2) is 4.98 Å². The molecule has 0 N–H and O–H groups in total. The molecule has 90 valence electrons. The van der Waals surface area contributed by atoms with Gasteiger partial charge < -0.3 is 4.74 Å². The number of hydrogen-bond acceptors (Lipinski definition) is 3. The molecule has 0 bridgehead atoms. The first kappa shape index (κ1) is 11.2. The normalized spacial score (nSPS) is 12.3. The molecule has 2 heterocycles. The Labute approximate surface area is 109 Å². The molecular formula is C14H10ClNO2. The fraction of sp³-hybridized carbons (Fsp3) is 0.143.